The van der Waals surface area contributed by atoms with Crippen LogP contribution in [0.15, 0.2) is 0 Å². The zero-order valence-corrected chi connectivity index (χ0v) is 11.4. The van der Waals surface area contributed by atoms with Gasteiger partial charge in [-0.05, 0) is 13.8 Å². The SMILES string of the molecule is CCN(CC)S(=O)(=O)N1CCOCC1(C)C. The zero-order valence-electron chi connectivity index (χ0n) is 10.6. The standard InChI is InChI=1S/C10H22N2O3S/c1-5-11(6-2)16(13,14)12-7-8-15-9-10(12,3)4/h5-9H2,1-4H3. The average Bonchev–Trinajstić information content (AvgIpc) is 2.17. The lowest BCUT2D eigenvalue weighted by atomic mass is 10.1. The van der Waals surface area contributed by atoms with Crippen molar-refractivity contribution in [2.75, 3.05) is 32.8 Å². The molecule has 6 heteroatoms. The van der Waals surface area contributed by atoms with Gasteiger partial charge in [0.05, 0.1) is 18.8 Å². The molecular formula is C10H22N2O3S. The molecule has 0 aromatic carbocycles. The maximum Gasteiger partial charge on any atom is 0.282 e. The summed E-state index contributed by atoms with van der Waals surface area (Å²) in [4.78, 5) is 0. The minimum atomic E-state index is -3.35. The summed E-state index contributed by atoms with van der Waals surface area (Å²) in [6.07, 6.45) is 0. The van der Waals surface area contributed by atoms with Gasteiger partial charge in [0.15, 0.2) is 0 Å². The molecule has 0 bridgehead atoms. The number of hydrogen-bond acceptors (Lipinski definition) is 3. The number of nitrogens with zero attached hydrogens (tertiary/aromatic N) is 2. The van der Waals surface area contributed by atoms with E-state index >= 15 is 0 Å². The second-order valence-electron chi connectivity index (χ2n) is 4.53. The Morgan fingerprint density at radius 2 is 1.88 bits per heavy atom. The highest BCUT2D eigenvalue weighted by atomic mass is 32.2. The van der Waals surface area contributed by atoms with Gasteiger partial charge in [0.1, 0.15) is 0 Å². The lowest BCUT2D eigenvalue weighted by Crippen LogP contribution is -2.59. The van der Waals surface area contributed by atoms with Crippen LogP contribution in [-0.2, 0) is 14.9 Å². The van der Waals surface area contributed by atoms with Crippen LogP contribution in [0.25, 0.3) is 0 Å². The number of rotatable bonds is 4. The van der Waals surface area contributed by atoms with Crippen LogP contribution in [0, 0.1) is 0 Å². The quantitative estimate of drug-likeness (QED) is 0.737. The average molecular weight is 250 g/mol. The summed E-state index contributed by atoms with van der Waals surface area (Å²) in [6, 6.07) is 0. The van der Waals surface area contributed by atoms with Crippen LogP contribution in [0.3, 0.4) is 0 Å². The predicted octanol–water partition coefficient (Wildman–Crippen LogP) is 0.684. The van der Waals surface area contributed by atoms with E-state index in [-0.39, 0.29) is 0 Å². The van der Waals surface area contributed by atoms with Crippen LogP contribution in [0.4, 0.5) is 0 Å². The molecule has 1 fully saturated rings. The van der Waals surface area contributed by atoms with E-state index in [4.69, 9.17) is 4.74 Å². The highest BCUT2D eigenvalue weighted by molar-refractivity contribution is 7.86. The van der Waals surface area contributed by atoms with Gasteiger partial charge < -0.3 is 4.74 Å². The molecular weight excluding hydrogens is 228 g/mol. The van der Waals surface area contributed by atoms with Crippen LogP contribution in [0.2, 0.25) is 0 Å². The molecule has 1 aliphatic rings. The summed E-state index contributed by atoms with van der Waals surface area (Å²) < 4.78 is 33.1. The van der Waals surface area contributed by atoms with Crippen LogP contribution >= 0.6 is 0 Å². The maximum atomic E-state index is 12.4. The van der Waals surface area contributed by atoms with Gasteiger partial charge in [-0.25, -0.2) is 0 Å². The zero-order chi connectivity index (χ0) is 12.4. The molecule has 1 saturated heterocycles. The monoisotopic (exact) mass is 250 g/mol. The van der Waals surface area contributed by atoms with Crippen molar-refractivity contribution < 1.29 is 13.2 Å². The minimum Gasteiger partial charge on any atom is -0.378 e. The van der Waals surface area contributed by atoms with Crippen molar-refractivity contribution >= 4 is 10.2 Å². The topological polar surface area (TPSA) is 49.9 Å². The van der Waals surface area contributed by atoms with Gasteiger partial charge in [0.25, 0.3) is 10.2 Å². The number of ether oxygens (including phenoxy) is 1. The second kappa shape index (κ2) is 5.00. The molecule has 0 aromatic heterocycles. The summed E-state index contributed by atoms with van der Waals surface area (Å²) in [5, 5.41) is 0. The van der Waals surface area contributed by atoms with E-state index < -0.39 is 15.7 Å². The molecule has 16 heavy (non-hydrogen) atoms. The molecule has 0 spiro atoms. The summed E-state index contributed by atoms with van der Waals surface area (Å²) in [5.41, 5.74) is -0.459. The maximum absolute atomic E-state index is 12.4. The van der Waals surface area contributed by atoms with E-state index in [1.165, 1.54) is 4.31 Å². The molecule has 0 atom stereocenters. The van der Waals surface area contributed by atoms with Crippen molar-refractivity contribution in [2.24, 2.45) is 0 Å². The van der Waals surface area contributed by atoms with Gasteiger partial charge in [-0.2, -0.15) is 17.0 Å². The van der Waals surface area contributed by atoms with Crippen LogP contribution in [0.5, 0.6) is 0 Å². The first kappa shape index (κ1) is 13.9. The molecule has 0 aromatic rings. The fourth-order valence-corrected chi connectivity index (χ4v) is 3.87. The summed E-state index contributed by atoms with van der Waals surface area (Å²) in [6.45, 7) is 9.88. The van der Waals surface area contributed by atoms with Gasteiger partial charge in [-0.15, -0.1) is 0 Å². The van der Waals surface area contributed by atoms with E-state index in [9.17, 15) is 8.42 Å². The first-order valence-electron chi connectivity index (χ1n) is 5.72. The van der Waals surface area contributed by atoms with Crippen molar-refractivity contribution in [3.05, 3.63) is 0 Å². The van der Waals surface area contributed by atoms with Crippen LogP contribution in [-0.4, -0.2) is 55.4 Å². The number of hydrogen-bond donors (Lipinski definition) is 0. The number of morpholine rings is 1. The summed E-state index contributed by atoms with van der Waals surface area (Å²) in [7, 11) is -3.35. The van der Waals surface area contributed by atoms with Crippen molar-refractivity contribution in [1.82, 2.24) is 8.61 Å². The Morgan fingerprint density at radius 1 is 1.31 bits per heavy atom. The largest absolute Gasteiger partial charge is 0.378 e. The van der Waals surface area contributed by atoms with Crippen molar-refractivity contribution in [1.29, 1.82) is 0 Å². The predicted molar refractivity (Wildman–Crippen MR) is 63.4 cm³/mol. The molecule has 0 radical (unpaired) electrons. The molecule has 0 unspecified atom stereocenters. The molecule has 1 aliphatic heterocycles. The molecule has 1 heterocycles. The van der Waals surface area contributed by atoms with Gasteiger partial charge in [-0.3, -0.25) is 0 Å². The van der Waals surface area contributed by atoms with E-state index in [1.807, 2.05) is 27.7 Å². The fraction of sp³-hybridized carbons (Fsp3) is 1.00. The van der Waals surface area contributed by atoms with Crippen molar-refractivity contribution in [3.63, 3.8) is 0 Å². The van der Waals surface area contributed by atoms with E-state index in [0.717, 1.165) is 0 Å². The molecule has 1 rings (SSSR count). The Balaban J connectivity index is 2.97. The third-order valence-electron chi connectivity index (χ3n) is 2.88. The summed E-state index contributed by atoms with van der Waals surface area (Å²) >= 11 is 0. The normalized spacial score (nSPS) is 22.6. The summed E-state index contributed by atoms with van der Waals surface area (Å²) in [5.74, 6) is 0. The lowest BCUT2D eigenvalue weighted by molar-refractivity contribution is -0.0104. The smallest absolute Gasteiger partial charge is 0.282 e. The third-order valence-corrected chi connectivity index (χ3v) is 5.28. The first-order valence-corrected chi connectivity index (χ1v) is 7.11. The Morgan fingerprint density at radius 3 is 2.31 bits per heavy atom. The molecule has 5 nitrogen and oxygen atoms in total. The molecule has 0 amide bonds. The Labute approximate surface area is 98.5 Å². The van der Waals surface area contributed by atoms with E-state index in [2.05, 4.69) is 0 Å². The van der Waals surface area contributed by atoms with E-state index in [0.29, 0.717) is 32.8 Å². The van der Waals surface area contributed by atoms with Gasteiger partial charge in [0, 0.05) is 19.6 Å². The minimum absolute atomic E-state index is 0.436. The lowest BCUT2D eigenvalue weighted by Gasteiger charge is -2.42. The molecule has 96 valence electrons. The Bertz CT molecular complexity index is 323. The second-order valence-corrected chi connectivity index (χ2v) is 6.38. The van der Waals surface area contributed by atoms with Gasteiger partial charge >= 0.3 is 0 Å². The Kier molecular flexibility index (Phi) is 4.34. The van der Waals surface area contributed by atoms with Gasteiger partial charge in [-0.1, -0.05) is 13.8 Å². The molecule has 0 saturated carbocycles. The van der Waals surface area contributed by atoms with Crippen LogP contribution in [0.1, 0.15) is 27.7 Å². The Hall–Kier alpha value is -0.170. The molecule has 0 aliphatic carbocycles. The third kappa shape index (κ3) is 2.56. The van der Waals surface area contributed by atoms with Crippen LogP contribution < -0.4 is 0 Å². The van der Waals surface area contributed by atoms with E-state index in [1.54, 1.807) is 4.31 Å². The first-order chi connectivity index (χ1) is 7.36. The fourth-order valence-electron chi connectivity index (χ4n) is 1.96. The highest BCUT2D eigenvalue weighted by Crippen LogP contribution is 2.24. The van der Waals surface area contributed by atoms with Crippen molar-refractivity contribution in [3.8, 4) is 0 Å². The van der Waals surface area contributed by atoms with Crippen molar-refractivity contribution in [2.45, 2.75) is 33.2 Å². The molecule has 0 N–H and O–H groups in total. The highest BCUT2D eigenvalue weighted by Gasteiger charge is 2.41. The van der Waals surface area contributed by atoms with Gasteiger partial charge in [0.2, 0.25) is 0 Å².